The van der Waals surface area contributed by atoms with Crippen molar-refractivity contribution in [2.24, 2.45) is 34.5 Å². The number of hydrogen-bond donors (Lipinski definition) is 2. The van der Waals surface area contributed by atoms with Crippen molar-refractivity contribution < 1.29 is 10.2 Å². The molecular formula is C19H32O2. The second-order valence-corrected chi connectivity index (χ2v) is 9.31. The van der Waals surface area contributed by atoms with Gasteiger partial charge in [0.25, 0.3) is 0 Å². The summed E-state index contributed by atoms with van der Waals surface area (Å²) in [6.45, 7) is 4.98. The summed E-state index contributed by atoms with van der Waals surface area (Å²) >= 11 is 0. The third kappa shape index (κ3) is 1.97. The van der Waals surface area contributed by atoms with Crippen LogP contribution in [0.15, 0.2) is 0 Å². The molecule has 8 atom stereocenters. The van der Waals surface area contributed by atoms with Gasteiger partial charge in [-0.25, -0.2) is 0 Å². The van der Waals surface area contributed by atoms with Gasteiger partial charge in [0.1, 0.15) is 0 Å². The minimum atomic E-state index is -0.118. The van der Waals surface area contributed by atoms with Crippen LogP contribution in [-0.2, 0) is 0 Å². The summed E-state index contributed by atoms with van der Waals surface area (Å²) < 4.78 is 0. The maximum atomic E-state index is 10.9. The van der Waals surface area contributed by atoms with Crippen molar-refractivity contribution in [3.63, 3.8) is 0 Å². The Morgan fingerprint density at radius 3 is 2.48 bits per heavy atom. The molecule has 1 unspecified atom stereocenters. The Morgan fingerprint density at radius 2 is 1.67 bits per heavy atom. The first-order chi connectivity index (χ1) is 9.94. The third-order valence-corrected chi connectivity index (χ3v) is 8.44. The molecule has 120 valence electrons. The Labute approximate surface area is 129 Å². The molecule has 21 heavy (non-hydrogen) atoms. The van der Waals surface area contributed by atoms with E-state index in [1.54, 1.807) is 0 Å². The van der Waals surface area contributed by atoms with Gasteiger partial charge in [-0.15, -0.1) is 0 Å². The minimum Gasteiger partial charge on any atom is -0.393 e. The van der Waals surface area contributed by atoms with Crippen molar-refractivity contribution >= 4 is 0 Å². The van der Waals surface area contributed by atoms with Gasteiger partial charge < -0.3 is 10.2 Å². The third-order valence-electron chi connectivity index (χ3n) is 8.44. The molecule has 2 N–H and O–H groups in total. The van der Waals surface area contributed by atoms with Crippen LogP contribution in [0.25, 0.3) is 0 Å². The van der Waals surface area contributed by atoms with Gasteiger partial charge in [-0.3, -0.25) is 0 Å². The first-order valence-corrected chi connectivity index (χ1v) is 9.30. The highest BCUT2D eigenvalue weighted by molar-refractivity contribution is 5.09. The standard InChI is InChI=1S/C19H32O2/c1-18-7-3-4-14(18)17-15(6-8-18)19(2)9-5-13(20)10-12(19)11-16(17)21/h12-17,20-21H,3-11H2,1-2H3/t12-,13-,14-,15-,16?,17-,18-,19-/m0/s1. The lowest BCUT2D eigenvalue weighted by Crippen LogP contribution is -2.57. The van der Waals surface area contributed by atoms with Crippen LogP contribution in [-0.4, -0.2) is 22.4 Å². The minimum absolute atomic E-state index is 0.110. The Kier molecular flexibility index (Phi) is 3.25. The van der Waals surface area contributed by atoms with E-state index in [1.807, 2.05) is 0 Å². The Bertz CT molecular complexity index is 422. The van der Waals surface area contributed by atoms with E-state index >= 15 is 0 Å². The molecular weight excluding hydrogens is 260 g/mol. The fourth-order valence-electron chi connectivity index (χ4n) is 7.19. The highest BCUT2D eigenvalue weighted by Crippen LogP contribution is 2.66. The summed E-state index contributed by atoms with van der Waals surface area (Å²) in [5.41, 5.74) is 0.895. The number of hydrogen-bond acceptors (Lipinski definition) is 2. The van der Waals surface area contributed by atoms with Crippen molar-refractivity contribution in [1.82, 2.24) is 0 Å². The fraction of sp³-hybridized carbons (Fsp3) is 1.00. The number of rotatable bonds is 0. The van der Waals surface area contributed by atoms with E-state index in [-0.39, 0.29) is 12.2 Å². The zero-order valence-electron chi connectivity index (χ0n) is 13.7. The molecule has 0 heterocycles. The predicted octanol–water partition coefficient (Wildman–Crippen LogP) is 3.75. The van der Waals surface area contributed by atoms with Crippen LogP contribution in [0.2, 0.25) is 0 Å². The highest BCUT2D eigenvalue weighted by Gasteiger charge is 2.60. The van der Waals surface area contributed by atoms with Crippen LogP contribution in [0.3, 0.4) is 0 Å². The zero-order valence-corrected chi connectivity index (χ0v) is 13.7. The maximum absolute atomic E-state index is 10.9. The van der Waals surface area contributed by atoms with Gasteiger partial charge in [-0.2, -0.15) is 0 Å². The smallest absolute Gasteiger partial charge is 0.0577 e. The van der Waals surface area contributed by atoms with Gasteiger partial charge in [0.05, 0.1) is 12.2 Å². The highest BCUT2D eigenvalue weighted by atomic mass is 16.3. The van der Waals surface area contributed by atoms with Crippen LogP contribution in [0.4, 0.5) is 0 Å². The molecule has 0 aliphatic heterocycles. The van der Waals surface area contributed by atoms with Crippen LogP contribution >= 0.6 is 0 Å². The maximum Gasteiger partial charge on any atom is 0.0577 e. The molecule has 0 aromatic rings. The van der Waals surface area contributed by atoms with E-state index in [9.17, 15) is 10.2 Å². The summed E-state index contributed by atoms with van der Waals surface area (Å²) in [6.07, 6.45) is 10.6. The molecule has 0 spiro atoms. The topological polar surface area (TPSA) is 40.5 Å². The van der Waals surface area contributed by atoms with Crippen molar-refractivity contribution in [2.45, 2.75) is 83.8 Å². The summed E-state index contributed by atoms with van der Waals surface area (Å²) in [4.78, 5) is 0. The molecule has 0 amide bonds. The van der Waals surface area contributed by atoms with Gasteiger partial charge in [0.2, 0.25) is 0 Å². The van der Waals surface area contributed by atoms with Gasteiger partial charge in [0.15, 0.2) is 0 Å². The average molecular weight is 292 g/mol. The summed E-state index contributed by atoms with van der Waals surface area (Å²) in [5, 5.41) is 21.0. The molecule has 4 aliphatic rings. The molecule has 4 fully saturated rings. The molecule has 4 aliphatic carbocycles. The van der Waals surface area contributed by atoms with Gasteiger partial charge >= 0.3 is 0 Å². The Balaban J connectivity index is 1.67. The van der Waals surface area contributed by atoms with E-state index in [1.165, 1.54) is 38.5 Å². The molecule has 0 aromatic carbocycles. The average Bonchev–Trinajstić information content (AvgIpc) is 2.82. The van der Waals surface area contributed by atoms with Crippen molar-refractivity contribution in [1.29, 1.82) is 0 Å². The molecule has 2 nitrogen and oxygen atoms in total. The number of aliphatic hydroxyl groups is 2. The lowest BCUT2D eigenvalue weighted by Gasteiger charge is -2.61. The van der Waals surface area contributed by atoms with Gasteiger partial charge in [-0.1, -0.05) is 20.3 Å². The monoisotopic (exact) mass is 292 g/mol. The quantitative estimate of drug-likeness (QED) is 0.714. The van der Waals surface area contributed by atoms with E-state index in [0.29, 0.717) is 28.6 Å². The summed E-state index contributed by atoms with van der Waals surface area (Å²) in [7, 11) is 0. The van der Waals surface area contributed by atoms with Crippen LogP contribution in [0.5, 0.6) is 0 Å². The largest absolute Gasteiger partial charge is 0.393 e. The second kappa shape index (κ2) is 4.71. The SMILES string of the molecule is C[C@@]12CCC[C@H]1[C@@H]1C(O)C[C@@H]3C[C@@H](O)CC[C@]3(C)[C@H]1CC2. The van der Waals surface area contributed by atoms with E-state index < -0.39 is 0 Å². The zero-order chi connectivity index (χ0) is 14.8. The lowest BCUT2D eigenvalue weighted by molar-refractivity contribution is -0.168. The predicted molar refractivity (Wildman–Crippen MR) is 83.7 cm³/mol. The van der Waals surface area contributed by atoms with E-state index in [2.05, 4.69) is 13.8 Å². The summed E-state index contributed by atoms with van der Waals surface area (Å²) in [6, 6.07) is 0. The second-order valence-electron chi connectivity index (χ2n) is 9.31. The molecule has 0 radical (unpaired) electrons. The van der Waals surface area contributed by atoms with E-state index in [4.69, 9.17) is 0 Å². The first-order valence-electron chi connectivity index (χ1n) is 9.30. The Hall–Kier alpha value is -0.0800. The lowest BCUT2D eigenvalue weighted by atomic mass is 9.44. The van der Waals surface area contributed by atoms with Crippen molar-refractivity contribution in [3.8, 4) is 0 Å². The molecule has 0 aromatic heterocycles. The van der Waals surface area contributed by atoms with Crippen LogP contribution in [0.1, 0.15) is 71.6 Å². The molecule has 2 heteroatoms. The van der Waals surface area contributed by atoms with Gasteiger partial charge in [0, 0.05) is 0 Å². The summed E-state index contributed by atoms with van der Waals surface area (Å²) in [5.74, 6) is 2.55. The molecule has 4 rings (SSSR count). The van der Waals surface area contributed by atoms with Crippen LogP contribution in [0, 0.1) is 34.5 Å². The first kappa shape index (κ1) is 14.5. The molecule has 4 saturated carbocycles. The molecule has 0 bridgehead atoms. The Morgan fingerprint density at radius 1 is 0.857 bits per heavy atom. The number of fused-ring (bicyclic) bond motifs is 5. The van der Waals surface area contributed by atoms with Crippen molar-refractivity contribution in [3.05, 3.63) is 0 Å². The van der Waals surface area contributed by atoms with E-state index in [0.717, 1.165) is 25.2 Å². The normalized spacial score (nSPS) is 60.0. The fourth-order valence-corrected chi connectivity index (χ4v) is 7.19. The molecule has 0 saturated heterocycles. The van der Waals surface area contributed by atoms with Crippen LogP contribution < -0.4 is 0 Å². The van der Waals surface area contributed by atoms with Gasteiger partial charge in [-0.05, 0) is 85.9 Å². The van der Waals surface area contributed by atoms with Crippen molar-refractivity contribution in [2.75, 3.05) is 0 Å². The number of aliphatic hydroxyl groups excluding tert-OH is 2.